The molecule has 3 rings (SSSR count). The fourth-order valence-corrected chi connectivity index (χ4v) is 2.91. The molecule has 0 radical (unpaired) electrons. The summed E-state index contributed by atoms with van der Waals surface area (Å²) in [4.78, 5) is 27.7. The summed E-state index contributed by atoms with van der Waals surface area (Å²) in [5.74, 6) is -0.167. The number of carbonyl (C=O) groups excluding carboxylic acids is 2. The molecule has 7 heteroatoms. The minimum absolute atomic E-state index is 0.0727. The molecule has 0 unspecified atom stereocenters. The maximum absolute atomic E-state index is 13.9. The number of anilines is 1. The molecular weight excluding hydrogens is 349 g/mol. The Hall–Kier alpha value is -3.09. The molecule has 27 heavy (non-hydrogen) atoms. The number of nitrogens with zero attached hydrogens (tertiary/aromatic N) is 2. The van der Waals surface area contributed by atoms with Gasteiger partial charge in [-0.05, 0) is 24.3 Å². The van der Waals surface area contributed by atoms with Crippen LogP contribution in [0.25, 0.3) is 0 Å². The van der Waals surface area contributed by atoms with Crippen LogP contribution >= 0.6 is 0 Å². The van der Waals surface area contributed by atoms with E-state index in [4.69, 9.17) is 4.74 Å². The number of benzene rings is 2. The first kappa shape index (κ1) is 18.7. The summed E-state index contributed by atoms with van der Waals surface area (Å²) in [7, 11) is 0. The van der Waals surface area contributed by atoms with Gasteiger partial charge in [-0.1, -0.05) is 30.3 Å². The van der Waals surface area contributed by atoms with Gasteiger partial charge in [-0.2, -0.15) is 0 Å². The Morgan fingerprint density at radius 2 is 1.63 bits per heavy atom. The van der Waals surface area contributed by atoms with Gasteiger partial charge in [0.05, 0.1) is 12.2 Å². The minimum atomic E-state index is -0.350. The number of rotatable bonds is 6. The number of ether oxygens (including phenoxy) is 1. The molecule has 2 aromatic rings. The maximum Gasteiger partial charge on any atom is 0.258 e. The highest BCUT2D eigenvalue weighted by molar-refractivity contribution is 5.85. The smallest absolute Gasteiger partial charge is 0.258 e. The second-order valence-electron chi connectivity index (χ2n) is 6.20. The summed E-state index contributed by atoms with van der Waals surface area (Å²) in [5.41, 5.74) is 0.552. The van der Waals surface area contributed by atoms with Crippen molar-refractivity contribution in [1.82, 2.24) is 10.2 Å². The monoisotopic (exact) mass is 371 g/mol. The van der Waals surface area contributed by atoms with Crippen molar-refractivity contribution in [3.05, 3.63) is 60.4 Å². The fourth-order valence-electron chi connectivity index (χ4n) is 2.91. The Morgan fingerprint density at radius 3 is 2.33 bits per heavy atom. The number of hydrogen-bond donors (Lipinski definition) is 1. The van der Waals surface area contributed by atoms with E-state index in [2.05, 4.69) is 5.32 Å². The van der Waals surface area contributed by atoms with E-state index in [0.717, 1.165) is 0 Å². The van der Waals surface area contributed by atoms with Gasteiger partial charge >= 0.3 is 0 Å². The highest BCUT2D eigenvalue weighted by Gasteiger charge is 2.22. The Morgan fingerprint density at radius 1 is 0.963 bits per heavy atom. The van der Waals surface area contributed by atoms with Crippen LogP contribution in [0.1, 0.15) is 0 Å². The molecule has 0 spiro atoms. The second kappa shape index (κ2) is 9.02. The van der Waals surface area contributed by atoms with Gasteiger partial charge in [-0.3, -0.25) is 9.59 Å². The summed E-state index contributed by atoms with van der Waals surface area (Å²) < 4.78 is 19.2. The highest BCUT2D eigenvalue weighted by atomic mass is 19.1. The molecule has 0 aromatic heterocycles. The van der Waals surface area contributed by atoms with Crippen LogP contribution in [0.5, 0.6) is 5.75 Å². The molecule has 1 aliphatic heterocycles. The zero-order chi connectivity index (χ0) is 19.1. The van der Waals surface area contributed by atoms with Crippen molar-refractivity contribution in [3.8, 4) is 5.75 Å². The SMILES string of the molecule is O=C(COc1ccccc1)NCC(=O)N1CCN(c2ccccc2F)CC1. The molecule has 1 saturated heterocycles. The number of hydrogen-bond acceptors (Lipinski definition) is 4. The van der Waals surface area contributed by atoms with Crippen molar-refractivity contribution in [1.29, 1.82) is 0 Å². The van der Waals surface area contributed by atoms with Crippen LogP contribution in [-0.2, 0) is 9.59 Å². The fraction of sp³-hybridized carbons (Fsp3) is 0.300. The molecule has 2 amide bonds. The first-order chi connectivity index (χ1) is 13.1. The van der Waals surface area contributed by atoms with E-state index < -0.39 is 0 Å². The van der Waals surface area contributed by atoms with Crippen molar-refractivity contribution in [2.24, 2.45) is 0 Å². The highest BCUT2D eigenvalue weighted by Crippen LogP contribution is 2.20. The number of amides is 2. The van der Waals surface area contributed by atoms with Gasteiger partial charge in [0.1, 0.15) is 11.6 Å². The summed E-state index contributed by atoms with van der Waals surface area (Å²) in [6.45, 7) is 1.87. The summed E-state index contributed by atoms with van der Waals surface area (Å²) in [5, 5.41) is 2.57. The number of halogens is 1. The van der Waals surface area contributed by atoms with Crippen LogP contribution in [0.4, 0.5) is 10.1 Å². The molecule has 0 saturated carbocycles. The van der Waals surface area contributed by atoms with Crippen molar-refractivity contribution in [2.75, 3.05) is 44.2 Å². The van der Waals surface area contributed by atoms with Crippen molar-refractivity contribution < 1.29 is 18.7 Å². The molecule has 0 bridgehead atoms. The summed E-state index contributed by atoms with van der Waals surface area (Å²) >= 11 is 0. The van der Waals surface area contributed by atoms with E-state index in [9.17, 15) is 14.0 Å². The lowest BCUT2D eigenvalue weighted by Gasteiger charge is -2.36. The summed E-state index contributed by atoms with van der Waals surface area (Å²) in [6, 6.07) is 15.6. The molecule has 1 N–H and O–H groups in total. The van der Waals surface area contributed by atoms with E-state index >= 15 is 0 Å². The average molecular weight is 371 g/mol. The minimum Gasteiger partial charge on any atom is -0.484 e. The summed E-state index contributed by atoms with van der Waals surface area (Å²) in [6.07, 6.45) is 0. The number of nitrogens with one attached hydrogen (secondary N) is 1. The van der Waals surface area contributed by atoms with Crippen LogP contribution in [-0.4, -0.2) is 56.0 Å². The van der Waals surface area contributed by atoms with Gasteiger partial charge in [0.25, 0.3) is 5.91 Å². The molecule has 1 heterocycles. The molecule has 0 atom stereocenters. The number of piperazine rings is 1. The molecule has 6 nitrogen and oxygen atoms in total. The lowest BCUT2D eigenvalue weighted by molar-refractivity contribution is -0.133. The number of para-hydroxylation sites is 2. The lowest BCUT2D eigenvalue weighted by atomic mass is 10.2. The Balaban J connectivity index is 1.39. The van der Waals surface area contributed by atoms with Gasteiger partial charge < -0.3 is 19.9 Å². The zero-order valence-electron chi connectivity index (χ0n) is 14.9. The van der Waals surface area contributed by atoms with Crippen LogP contribution < -0.4 is 15.0 Å². The van der Waals surface area contributed by atoms with Gasteiger partial charge in [0, 0.05) is 26.2 Å². The van der Waals surface area contributed by atoms with E-state index in [0.29, 0.717) is 37.6 Å². The predicted molar refractivity (Wildman–Crippen MR) is 100 cm³/mol. The molecule has 0 aliphatic carbocycles. The van der Waals surface area contributed by atoms with Gasteiger partial charge in [0.15, 0.2) is 6.61 Å². The first-order valence-electron chi connectivity index (χ1n) is 8.85. The maximum atomic E-state index is 13.9. The topological polar surface area (TPSA) is 61.9 Å². The zero-order valence-corrected chi connectivity index (χ0v) is 14.9. The van der Waals surface area contributed by atoms with Crippen molar-refractivity contribution in [3.63, 3.8) is 0 Å². The third-order valence-corrected chi connectivity index (χ3v) is 4.38. The van der Waals surface area contributed by atoms with Crippen LogP contribution in [0.2, 0.25) is 0 Å². The third kappa shape index (κ3) is 5.20. The number of carbonyl (C=O) groups is 2. The largest absolute Gasteiger partial charge is 0.484 e. The molecule has 1 fully saturated rings. The van der Waals surface area contributed by atoms with E-state index in [1.54, 1.807) is 35.2 Å². The molecule has 2 aromatic carbocycles. The van der Waals surface area contributed by atoms with E-state index in [1.165, 1.54) is 6.07 Å². The van der Waals surface area contributed by atoms with Gasteiger partial charge in [-0.15, -0.1) is 0 Å². The van der Waals surface area contributed by atoms with Gasteiger partial charge in [-0.25, -0.2) is 4.39 Å². The van der Waals surface area contributed by atoms with Gasteiger partial charge in [0.2, 0.25) is 5.91 Å². The lowest BCUT2D eigenvalue weighted by Crippen LogP contribution is -2.51. The standard InChI is InChI=1S/C20H22FN3O3/c21-17-8-4-5-9-18(17)23-10-12-24(13-11-23)20(26)14-22-19(25)15-27-16-6-2-1-3-7-16/h1-9H,10-15H2,(H,22,25). The Bertz CT molecular complexity index is 777. The molecule has 142 valence electrons. The van der Waals surface area contributed by atoms with Crippen molar-refractivity contribution >= 4 is 17.5 Å². The van der Waals surface area contributed by atoms with Crippen LogP contribution in [0, 0.1) is 5.82 Å². The van der Waals surface area contributed by atoms with Crippen LogP contribution in [0.15, 0.2) is 54.6 Å². The molecule has 1 aliphatic rings. The third-order valence-electron chi connectivity index (χ3n) is 4.38. The van der Waals surface area contributed by atoms with E-state index in [1.807, 2.05) is 23.1 Å². The average Bonchev–Trinajstić information content (AvgIpc) is 2.72. The van der Waals surface area contributed by atoms with Crippen molar-refractivity contribution in [2.45, 2.75) is 0 Å². The predicted octanol–water partition coefficient (Wildman–Crippen LogP) is 1.67. The molecular formula is C20H22FN3O3. The second-order valence-corrected chi connectivity index (χ2v) is 6.20. The first-order valence-corrected chi connectivity index (χ1v) is 8.85. The Labute approximate surface area is 157 Å². The normalized spacial score (nSPS) is 14.0. The van der Waals surface area contributed by atoms with E-state index in [-0.39, 0.29) is 30.8 Å². The Kier molecular flexibility index (Phi) is 6.25. The van der Waals surface area contributed by atoms with Crippen LogP contribution in [0.3, 0.4) is 0 Å². The quantitative estimate of drug-likeness (QED) is 0.839.